The molecule has 0 bridgehead atoms. The van der Waals surface area contributed by atoms with Crippen LogP contribution in [0, 0.1) is 5.82 Å². The number of hydrogen-bond donors (Lipinski definition) is 0. The minimum Gasteiger partial charge on any atom is -0.294 e. The summed E-state index contributed by atoms with van der Waals surface area (Å²) in [4.78, 5) is 18.3. The van der Waals surface area contributed by atoms with Gasteiger partial charge in [-0.1, -0.05) is 54.1 Å². The van der Waals surface area contributed by atoms with E-state index in [4.69, 9.17) is 11.6 Å². The Morgan fingerprint density at radius 2 is 1.86 bits per heavy atom. The van der Waals surface area contributed by atoms with Gasteiger partial charge >= 0.3 is 0 Å². The van der Waals surface area contributed by atoms with Crippen LogP contribution in [-0.4, -0.2) is 9.55 Å². The van der Waals surface area contributed by atoms with E-state index >= 15 is 0 Å². The summed E-state index contributed by atoms with van der Waals surface area (Å²) in [6.07, 6.45) is 1.45. The number of rotatable bonds is 3. The van der Waals surface area contributed by atoms with E-state index in [1.54, 1.807) is 12.1 Å². The lowest BCUT2D eigenvalue weighted by Crippen LogP contribution is -2.21. The number of aromatic nitrogens is 2. The molecule has 0 radical (unpaired) electrons. The van der Waals surface area contributed by atoms with Crippen LogP contribution in [-0.2, 0) is 6.54 Å². The Kier molecular flexibility index (Phi) is 4.42. The Morgan fingerprint density at radius 1 is 1.03 bits per heavy atom. The third-order valence-electron chi connectivity index (χ3n) is 5.01. The average Bonchev–Trinajstić information content (AvgIpc) is 3.17. The van der Waals surface area contributed by atoms with E-state index in [1.165, 1.54) is 28.3 Å². The highest BCUT2D eigenvalue weighted by Gasteiger charge is 2.15. The lowest BCUT2D eigenvalue weighted by atomic mass is 10.0. The minimum atomic E-state index is -0.440. The van der Waals surface area contributed by atoms with Crippen LogP contribution in [0.1, 0.15) is 5.56 Å². The van der Waals surface area contributed by atoms with Gasteiger partial charge in [-0.25, -0.2) is 9.37 Å². The van der Waals surface area contributed by atoms with Gasteiger partial charge in [0.05, 0.1) is 18.3 Å². The third-order valence-corrected chi connectivity index (χ3v) is 6.25. The molecule has 0 atom stereocenters. The summed E-state index contributed by atoms with van der Waals surface area (Å²) in [6.45, 7) is 0.0281. The fraction of sp³-hybridized carbons (Fsp3) is 0.0435. The van der Waals surface area contributed by atoms with Gasteiger partial charge < -0.3 is 0 Å². The molecule has 0 fully saturated rings. The molecule has 0 spiro atoms. The second kappa shape index (κ2) is 7.10. The second-order valence-electron chi connectivity index (χ2n) is 6.77. The lowest BCUT2D eigenvalue weighted by Gasteiger charge is -2.09. The number of benzene rings is 3. The SMILES string of the molecule is O=c1c2c(-c3ccc4ccccc4c3)csc2ncn1Cc1c(F)cccc1Cl. The highest BCUT2D eigenvalue weighted by atomic mass is 35.5. The maximum atomic E-state index is 14.2. The maximum Gasteiger partial charge on any atom is 0.263 e. The first kappa shape index (κ1) is 18.0. The van der Waals surface area contributed by atoms with E-state index in [1.807, 2.05) is 35.7 Å². The summed E-state index contributed by atoms with van der Waals surface area (Å²) >= 11 is 7.56. The molecule has 6 heteroatoms. The smallest absolute Gasteiger partial charge is 0.263 e. The number of thiophene rings is 1. The van der Waals surface area contributed by atoms with Gasteiger partial charge in [-0.2, -0.15) is 0 Å². The predicted octanol–water partition coefficient (Wildman–Crippen LogP) is 6.12. The zero-order chi connectivity index (χ0) is 20.0. The van der Waals surface area contributed by atoms with E-state index < -0.39 is 5.82 Å². The molecule has 0 aliphatic carbocycles. The first-order valence-corrected chi connectivity index (χ1v) is 10.3. The van der Waals surface area contributed by atoms with Crippen LogP contribution in [0.15, 0.2) is 77.2 Å². The molecule has 5 aromatic rings. The molecular weight excluding hydrogens is 407 g/mol. The first-order chi connectivity index (χ1) is 14.1. The van der Waals surface area contributed by atoms with Crippen molar-refractivity contribution in [3.8, 4) is 11.1 Å². The molecular formula is C23H14ClFN2OS. The molecule has 0 aliphatic heterocycles. The van der Waals surface area contributed by atoms with Crippen LogP contribution in [0.5, 0.6) is 0 Å². The van der Waals surface area contributed by atoms with E-state index in [0.717, 1.165) is 21.9 Å². The largest absolute Gasteiger partial charge is 0.294 e. The van der Waals surface area contributed by atoms with E-state index in [9.17, 15) is 9.18 Å². The average molecular weight is 421 g/mol. The van der Waals surface area contributed by atoms with Crippen molar-refractivity contribution in [2.75, 3.05) is 0 Å². The van der Waals surface area contributed by atoms with Crippen molar-refractivity contribution < 1.29 is 4.39 Å². The fourth-order valence-electron chi connectivity index (χ4n) is 3.50. The molecule has 0 amide bonds. The van der Waals surface area contributed by atoms with Crippen molar-refractivity contribution >= 4 is 43.9 Å². The van der Waals surface area contributed by atoms with Crippen molar-refractivity contribution in [2.45, 2.75) is 6.54 Å². The van der Waals surface area contributed by atoms with Crippen LogP contribution in [0.25, 0.3) is 32.1 Å². The summed E-state index contributed by atoms with van der Waals surface area (Å²) < 4.78 is 15.6. The summed E-state index contributed by atoms with van der Waals surface area (Å²) in [5, 5.41) is 5.02. The lowest BCUT2D eigenvalue weighted by molar-refractivity contribution is 0.595. The number of nitrogens with zero attached hydrogens (tertiary/aromatic N) is 2. The molecule has 0 unspecified atom stereocenters. The molecule has 29 heavy (non-hydrogen) atoms. The molecule has 0 N–H and O–H groups in total. The number of halogens is 2. The van der Waals surface area contributed by atoms with Gasteiger partial charge in [-0.15, -0.1) is 11.3 Å². The second-order valence-corrected chi connectivity index (χ2v) is 8.03. The molecule has 5 rings (SSSR count). The van der Waals surface area contributed by atoms with Gasteiger partial charge in [0.15, 0.2) is 0 Å². The van der Waals surface area contributed by atoms with Crippen LogP contribution in [0.2, 0.25) is 5.02 Å². The van der Waals surface area contributed by atoms with Crippen molar-refractivity contribution in [2.24, 2.45) is 0 Å². The van der Waals surface area contributed by atoms with Crippen LogP contribution >= 0.6 is 22.9 Å². The molecule has 0 saturated carbocycles. The summed E-state index contributed by atoms with van der Waals surface area (Å²) in [5.41, 5.74) is 1.86. The van der Waals surface area contributed by atoms with E-state index in [2.05, 4.69) is 17.1 Å². The number of fused-ring (bicyclic) bond motifs is 2. The van der Waals surface area contributed by atoms with Gasteiger partial charge in [0.1, 0.15) is 10.6 Å². The Bertz CT molecular complexity index is 1420. The Balaban J connectivity index is 1.66. The van der Waals surface area contributed by atoms with Crippen molar-refractivity contribution in [3.63, 3.8) is 0 Å². The molecule has 2 heterocycles. The van der Waals surface area contributed by atoms with E-state index in [-0.39, 0.29) is 22.7 Å². The standard InChI is InChI=1S/C23H14ClFN2OS/c24-19-6-3-7-20(25)17(19)11-27-13-26-22-21(23(27)28)18(12-29-22)16-9-8-14-4-1-2-5-15(14)10-16/h1-10,12-13H,11H2. The maximum absolute atomic E-state index is 14.2. The topological polar surface area (TPSA) is 34.9 Å². The molecule has 0 saturated heterocycles. The normalized spacial score (nSPS) is 11.4. The van der Waals surface area contributed by atoms with Gasteiger partial charge in [0.2, 0.25) is 0 Å². The zero-order valence-electron chi connectivity index (χ0n) is 15.1. The predicted molar refractivity (Wildman–Crippen MR) is 117 cm³/mol. The highest BCUT2D eigenvalue weighted by Crippen LogP contribution is 2.32. The van der Waals surface area contributed by atoms with Crippen LogP contribution in [0.3, 0.4) is 0 Å². The molecule has 2 aromatic heterocycles. The van der Waals surface area contributed by atoms with E-state index in [0.29, 0.717) is 10.2 Å². The monoisotopic (exact) mass is 420 g/mol. The van der Waals surface area contributed by atoms with Crippen molar-refractivity contribution in [1.82, 2.24) is 9.55 Å². The van der Waals surface area contributed by atoms with Crippen LogP contribution in [0.4, 0.5) is 4.39 Å². The fourth-order valence-corrected chi connectivity index (χ4v) is 4.63. The first-order valence-electron chi connectivity index (χ1n) is 9.00. The summed E-state index contributed by atoms with van der Waals surface area (Å²) in [6, 6.07) is 18.7. The van der Waals surface area contributed by atoms with Gasteiger partial charge in [-0.05, 0) is 34.5 Å². The third kappa shape index (κ3) is 3.12. The number of hydrogen-bond acceptors (Lipinski definition) is 3. The molecule has 3 nitrogen and oxygen atoms in total. The van der Waals surface area contributed by atoms with Crippen LogP contribution < -0.4 is 5.56 Å². The zero-order valence-corrected chi connectivity index (χ0v) is 16.7. The molecule has 3 aromatic carbocycles. The Morgan fingerprint density at radius 3 is 2.69 bits per heavy atom. The molecule has 0 aliphatic rings. The highest BCUT2D eigenvalue weighted by molar-refractivity contribution is 7.17. The van der Waals surface area contributed by atoms with Crippen molar-refractivity contribution in [1.29, 1.82) is 0 Å². The summed E-state index contributed by atoms with van der Waals surface area (Å²) in [7, 11) is 0. The Labute approximate surface area is 174 Å². The summed E-state index contributed by atoms with van der Waals surface area (Å²) in [5.74, 6) is -0.440. The van der Waals surface area contributed by atoms with Crippen molar-refractivity contribution in [3.05, 3.63) is 99.1 Å². The minimum absolute atomic E-state index is 0.0281. The molecule has 142 valence electrons. The Hall–Kier alpha value is -3.02. The van der Waals surface area contributed by atoms with Gasteiger partial charge in [0, 0.05) is 21.5 Å². The van der Waals surface area contributed by atoms with Gasteiger partial charge in [0.25, 0.3) is 5.56 Å². The quantitative estimate of drug-likeness (QED) is 0.352. The van der Waals surface area contributed by atoms with Gasteiger partial charge in [-0.3, -0.25) is 9.36 Å².